The van der Waals surface area contributed by atoms with Gasteiger partial charge in [-0.2, -0.15) is 21.6 Å². The maximum atomic E-state index is 12.5. The maximum absolute atomic E-state index is 12.5. The van der Waals surface area contributed by atoms with Gasteiger partial charge >= 0.3 is 38.4 Å². The Morgan fingerprint density at radius 3 is 1.16 bits per heavy atom. The second-order valence-electron chi connectivity index (χ2n) is 18.5. The Balaban J connectivity index is 0.000000231. The summed E-state index contributed by atoms with van der Waals surface area (Å²) in [7, 11) is -3.25. The molecule has 468 valence electrons. The summed E-state index contributed by atoms with van der Waals surface area (Å²) in [5, 5.41) is 6.39. The average molecular weight is 1300 g/mol. The SMILES string of the molecule is O=C(CCN1C(=O)C=CC1=O)Nc1ccc2c(c1)C(COC(=O)ON1C(=O)CCC1=O)c1ccccc1-2.O=C(CCN1C(=O)C=CC1=O)Nc1ccc2c(c1)C(COC(=O)ON1C(=O)CCC1=O)c1ccccc1-2.O=CC(F)(F)F.O=S(=O)(O)Cl.O=S(=O)=O. The van der Waals surface area contributed by atoms with Gasteiger partial charge in [0.25, 0.3) is 47.3 Å². The molecule has 0 bridgehead atoms. The molecule has 2 fully saturated rings. The molecule has 2 aliphatic carbocycles. The van der Waals surface area contributed by atoms with E-state index in [1.54, 1.807) is 24.3 Å². The van der Waals surface area contributed by atoms with Gasteiger partial charge in [0.05, 0.1) is 0 Å². The molecule has 10 rings (SSSR count). The van der Waals surface area contributed by atoms with Crippen molar-refractivity contribution >= 4 is 120 Å². The molecule has 6 aliphatic rings. The predicted octanol–water partition coefficient (Wildman–Crippen LogP) is 4.31. The third-order valence-corrected chi connectivity index (χ3v) is 12.8. The summed E-state index contributed by atoms with van der Waals surface area (Å²) in [5.41, 5.74) is 8.09. The van der Waals surface area contributed by atoms with E-state index in [0.717, 1.165) is 78.6 Å². The quantitative estimate of drug-likeness (QED) is 0.0520. The molecule has 2 atom stereocenters. The van der Waals surface area contributed by atoms with E-state index in [4.69, 9.17) is 49.5 Å². The van der Waals surface area contributed by atoms with E-state index in [-0.39, 0.29) is 88.5 Å². The lowest BCUT2D eigenvalue weighted by molar-refractivity contribution is -0.177. The summed E-state index contributed by atoms with van der Waals surface area (Å²) in [6.07, 6.45) is -3.60. The average Bonchev–Trinajstić information content (AvgIpc) is 2.60. The van der Waals surface area contributed by atoms with Crippen LogP contribution in [0.4, 0.5) is 34.1 Å². The van der Waals surface area contributed by atoms with Gasteiger partial charge in [-0.3, -0.25) is 76.8 Å². The van der Waals surface area contributed by atoms with Crippen LogP contribution in [0, 0.1) is 0 Å². The molecule has 0 radical (unpaired) electrons. The Kier molecular flexibility index (Phi) is 22.7. The number of amides is 10. The first-order chi connectivity index (χ1) is 41.9. The molecule has 4 heterocycles. The number of imide groups is 4. The number of alkyl halides is 3. The van der Waals surface area contributed by atoms with Gasteiger partial charge in [0.15, 0.2) is 0 Å². The topological polar surface area (TPSA) is 401 Å². The number of nitrogens with zero attached hydrogens (tertiary/aromatic N) is 4. The molecule has 89 heavy (non-hydrogen) atoms. The molecule has 2 unspecified atom stereocenters. The number of ether oxygens (including phenoxy) is 2. The van der Waals surface area contributed by atoms with Crippen molar-refractivity contribution < 1.29 is 120 Å². The van der Waals surface area contributed by atoms with E-state index >= 15 is 0 Å². The van der Waals surface area contributed by atoms with E-state index in [1.807, 2.05) is 60.7 Å². The molecule has 4 aromatic carbocycles. The highest BCUT2D eigenvalue weighted by molar-refractivity contribution is 8.09. The first kappa shape index (κ1) is 67.8. The third-order valence-electron chi connectivity index (χ3n) is 12.8. The fourth-order valence-electron chi connectivity index (χ4n) is 9.13. The van der Waals surface area contributed by atoms with Crippen LogP contribution in [-0.4, -0.2) is 156 Å². The highest BCUT2D eigenvalue weighted by Gasteiger charge is 2.37. The zero-order chi connectivity index (χ0) is 65.5. The van der Waals surface area contributed by atoms with E-state index < -0.39 is 92.0 Å². The number of carbonyl (C=O) groups is 13. The number of carbonyl (C=O) groups excluding carboxylic acids is 13. The van der Waals surface area contributed by atoms with Gasteiger partial charge in [-0.1, -0.05) is 70.8 Å². The molecular weight excluding hydrogens is 1260 g/mol. The summed E-state index contributed by atoms with van der Waals surface area (Å²) >= 11 is 0. The van der Waals surface area contributed by atoms with E-state index in [2.05, 4.69) is 21.3 Å². The van der Waals surface area contributed by atoms with Gasteiger partial charge in [0.2, 0.25) is 18.1 Å². The largest absolute Gasteiger partial charge is 0.533 e. The van der Waals surface area contributed by atoms with Crippen molar-refractivity contribution in [3.63, 3.8) is 0 Å². The summed E-state index contributed by atoms with van der Waals surface area (Å²) < 4.78 is 92.3. The van der Waals surface area contributed by atoms with Gasteiger partial charge < -0.3 is 20.1 Å². The maximum Gasteiger partial charge on any atom is 0.533 e. The third kappa shape index (κ3) is 19.1. The lowest BCUT2D eigenvalue weighted by atomic mass is 9.97. The van der Waals surface area contributed by atoms with Gasteiger partial charge in [0.1, 0.15) is 13.2 Å². The number of hydrogen-bond acceptors (Lipinski definition) is 22. The van der Waals surface area contributed by atoms with Crippen molar-refractivity contribution in [2.45, 2.75) is 56.5 Å². The van der Waals surface area contributed by atoms with Gasteiger partial charge in [-0.15, -0.1) is 12.6 Å². The Hall–Kier alpha value is -10.3. The van der Waals surface area contributed by atoms with Crippen LogP contribution in [0.3, 0.4) is 0 Å². The van der Waals surface area contributed by atoms with Crippen LogP contribution in [0.2, 0.25) is 0 Å². The second kappa shape index (κ2) is 29.9. The van der Waals surface area contributed by atoms with Crippen LogP contribution >= 0.6 is 10.7 Å². The van der Waals surface area contributed by atoms with E-state index in [9.17, 15) is 70.7 Å². The zero-order valence-corrected chi connectivity index (χ0v) is 47.6. The number of rotatable bonds is 14. The summed E-state index contributed by atoms with van der Waals surface area (Å²) in [6, 6.07) is 25.9. The van der Waals surface area contributed by atoms with Crippen molar-refractivity contribution in [3.05, 3.63) is 131 Å². The van der Waals surface area contributed by atoms with Gasteiger partial charge in [-0.25, -0.2) is 9.59 Å². The normalized spacial score (nSPS) is 16.5. The van der Waals surface area contributed by atoms with E-state index in [1.165, 1.54) is 0 Å². The minimum Gasteiger partial charge on any atom is -0.432 e. The number of anilines is 2. The summed E-state index contributed by atoms with van der Waals surface area (Å²) in [5.74, 6) is -5.73. The number of hydrogen-bond donors (Lipinski definition) is 3. The highest BCUT2D eigenvalue weighted by atomic mass is 35.7. The fraction of sp³-hybridized carbons (Fsp3) is 0.241. The van der Waals surface area contributed by atoms with Crippen LogP contribution in [-0.2, 0) is 91.8 Å². The predicted molar refractivity (Wildman–Crippen MR) is 292 cm³/mol. The number of benzene rings is 4. The van der Waals surface area contributed by atoms with E-state index in [0.29, 0.717) is 21.5 Å². The van der Waals surface area contributed by atoms with Crippen LogP contribution in [0.15, 0.2) is 109 Å². The van der Waals surface area contributed by atoms with Gasteiger partial charge in [-0.05, 0) is 68.8 Å². The molecule has 2 saturated heterocycles. The minimum absolute atomic E-state index is 0.0223. The van der Waals surface area contributed by atoms with Crippen molar-refractivity contribution in [1.29, 1.82) is 0 Å². The number of fused-ring (bicyclic) bond motifs is 6. The lowest BCUT2D eigenvalue weighted by Crippen LogP contribution is -2.33. The zero-order valence-electron chi connectivity index (χ0n) is 45.2. The molecule has 35 heteroatoms. The van der Waals surface area contributed by atoms with Gasteiger partial charge in [0, 0.05) is 110 Å². The Morgan fingerprint density at radius 1 is 0.562 bits per heavy atom. The fourth-order valence-corrected chi connectivity index (χ4v) is 9.13. The number of aldehydes is 1. The molecule has 4 aromatic rings. The molecule has 4 aliphatic heterocycles. The first-order valence-electron chi connectivity index (χ1n) is 25.4. The standard InChI is InChI=1S/2C26H21N3O8.C2HF3O.ClHO3S.O3S/c2*30-21(11-12-28-22(31)7-8-23(28)32)27-15-5-6-18-16-3-1-2-4-17(16)20(19(18)13-15)14-36-26(35)37-29-24(33)9-10-25(29)34;3-2(4,5)1-6;1-5(2,3)4;1-4(2)3/h2*1-8,13,20H,9-12,14H2,(H,27,30);1H;(H,2,3,4);. The van der Waals surface area contributed by atoms with Crippen molar-refractivity contribution in [3.8, 4) is 22.3 Å². The minimum atomic E-state index is -4.64. The van der Waals surface area contributed by atoms with Crippen LogP contribution in [0.25, 0.3) is 22.3 Å². The van der Waals surface area contributed by atoms with Crippen LogP contribution in [0.5, 0.6) is 0 Å². The smallest absolute Gasteiger partial charge is 0.432 e. The monoisotopic (exact) mass is 1300 g/mol. The number of nitrogens with one attached hydrogen (secondary N) is 2. The highest BCUT2D eigenvalue weighted by Crippen LogP contribution is 2.47. The van der Waals surface area contributed by atoms with Crippen molar-refractivity contribution in [2.24, 2.45) is 0 Å². The first-order valence-corrected chi connectivity index (χ1v) is 28.7. The molecule has 0 saturated carbocycles. The Morgan fingerprint density at radius 2 is 0.854 bits per heavy atom. The molecule has 29 nitrogen and oxygen atoms in total. The molecule has 3 N–H and O–H groups in total. The second-order valence-corrected chi connectivity index (χ2v) is 20.9. The molecule has 10 amide bonds. The Labute approximate surface area is 505 Å². The molecule has 0 aromatic heterocycles. The molecule has 0 spiro atoms. The van der Waals surface area contributed by atoms with Crippen molar-refractivity contribution in [1.82, 2.24) is 19.9 Å². The summed E-state index contributed by atoms with van der Waals surface area (Å²) in [4.78, 5) is 163. The van der Waals surface area contributed by atoms with Crippen molar-refractivity contribution in [2.75, 3.05) is 36.9 Å². The van der Waals surface area contributed by atoms with Crippen LogP contribution < -0.4 is 10.6 Å². The lowest BCUT2D eigenvalue weighted by Gasteiger charge is -2.17. The number of hydroxylamine groups is 4. The summed E-state index contributed by atoms with van der Waals surface area (Å²) in [6.45, 7) is -0.313. The molecular formula is C54H44ClF3N6O23S2. The van der Waals surface area contributed by atoms with Crippen LogP contribution in [0.1, 0.15) is 72.6 Å². The Bertz CT molecular complexity index is 3590. The number of halogens is 4.